The van der Waals surface area contributed by atoms with Gasteiger partial charge in [-0.1, -0.05) is 38.5 Å². The lowest BCUT2D eigenvalue weighted by Gasteiger charge is -2.38. The van der Waals surface area contributed by atoms with E-state index in [4.69, 9.17) is 0 Å². The quantitative estimate of drug-likeness (QED) is 0.895. The highest BCUT2D eigenvalue weighted by molar-refractivity contribution is 5.85. The van der Waals surface area contributed by atoms with E-state index in [0.29, 0.717) is 12.0 Å². The summed E-state index contributed by atoms with van der Waals surface area (Å²) in [5, 5.41) is 4.77. The van der Waals surface area contributed by atoms with Gasteiger partial charge in [0.05, 0.1) is 5.52 Å². The van der Waals surface area contributed by atoms with E-state index in [1.807, 2.05) is 6.20 Å². The molecule has 2 atom stereocenters. The summed E-state index contributed by atoms with van der Waals surface area (Å²) >= 11 is 0. The molecule has 1 fully saturated rings. The first kappa shape index (κ1) is 20.2. The van der Waals surface area contributed by atoms with Gasteiger partial charge in [0.15, 0.2) is 0 Å². The van der Waals surface area contributed by atoms with Crippen LogP contribution in [0.4, 0.5) is 0 Å². The topological polar surface area (TPSA) is 28.2 Å². The summed E-state index contributed by atoms with van der Waals surface area (Å²) in [7, 11) is 0. The van der Waals surface area contributed by atoms with Crippen molar-refractivity contribution in [2.24, 2.45) is 5.92 Å². The van der Waals surface area contributed by atoms with Gasteiger partial charge in [-0.3, -0.25) is 9.88 Å². The van der Waals surface area contributed by atoms with Crippen molar-refractivity contribution in [3.63, 3.8) is 0 Å². The van der Waals surface area contributed by atoms with Crippen molar-refractivity contribution in [1.29, 1.82) is 0 Å². The molecule has 0 spiro atoms. The Balaban J connectivity index is 0.00000132. The first-order valence-electron chi connectivity index (χ1n) is 8.09. The summed E-state index contributed by atoms with van der Waals surface area (Å²) in [6.45, 7) is 9.12. The van der Waals surface area contributed by atoms with E-state index >= 15 is 0 Å². The van der Waals surface area contributed by atoms with Crippen LogP contribution in [0.5, 0.6) is 0 Å². The third kappa shape index (κ3) is 4.36. The number of fused-ring (bicyclic) bond motifs is 1. The lowest BCUT2D eigenvalue weighted by Crippen LogP contribution is -2.46. The zero-order chi connectivity index (χ0) is 14.7. The number of piperazine rings is 1. The van der Waals surface area contributed by atoms with E-state index in [-0.39, 0.29) is 24.8 Å². The van der Waals surface area contributed by atoms with Gasteiger partial charge in [-0.05, 0) is 23.6 Å². The average molecular weight is 356 g/mol. The third-order valence-electron chi connectivity index (χ3n) is 4.73. The van der Waals surface area contributed by atoms with Crippen LogP contribution in [0.3, 0.4) is 0 Å². The molecule has 0 aliphatic carbocycles. The number of para-hydroxylation sites is 1. The number of hydrogen-bond donors (Lipinski definition) is 1. The fourth-order valence-corrected chi connectivity index (χ4v) is 3.42. The Hall–Kier alpha value is -0.870. The minimum atomic E-state index is 0. The van der Waals surface area contributed by atoms with Crippen LogP contribution in [0, 0.1) is 5.92 Å². The van der Waals surface area contributed by atoms with E-state index in [0.717, 1.165) is 31.7 Å². The van der Waals surface area contributed by atoms with E-state index in [1.165, 1.54) is 17.4 Å². The van der Waals surface area contributed by atoms with Crippen LogP contribution in [0.1, 0.15) is 31.9 Å². The average Bonchev–Trinajstić information content (AvgIpc) is 2.56. The third-order valence-corrected chi connectivity index (χ3v) is 4.73. The number of halogens is 2. The second-order valence-corrected chi connectivity index (χ2v) is 6.03. The first-order chi connectivity index (χ1) is 10.3. The van der Waals surface area contributed by atoms with Crippen molar-refractivity contribution in [2.75, 3.05) is 26.2 Å². The maximum Gasteiger partial charge on any atom is 0.0705 e. The maximum atomic E-state index is 4.52. The Morgan fingerprint density at radius 3 is 2.52 bits per heavy atom. The lowest BCUT2D eigenvalue weighted by molar-refractivity contribution is 0.129. The highest BCUT2D eigenvalue weighted by Crippen LogP contribution is 2.34. The number of hydrogen-bond acceptors (Lipinski definition) is 3. The Kier molecular flexibility index (Phi) is 8.27. The summed E-state index contributed by atoms with van der Waals surface area (Å²) in [6.07, 6.45) is 3.17. The first-order valence-corrected chi connectivity index (χ1v) is 8.09. The number of pyridine rings is 1. The van der Waals surface area contributed by atoms with Crippen molar-refractivity contribution < 1.29 is 0 Å². The molecular weight excluding hydrogens is 329 g/mol. The highest BCUT2D eigenvalue weighted by atomic mass is 35.5. The number of aromatic nitrogens is 1. The highest BCUT2D eigenvalue weighted by Gasteiger charge is 2.27. The Bertz CT molecular complexity index is 594. The van der Waals surface area contributed by atoms with E-state index in [2.05, 4.69) is 59.4 Å². The number of benzene rings is 1. The molecule has 0 amide bonds. The predicted molar refractivity (Wildman–Crippen MR) is 103 cm³/mol. The van der Waals surface area contributed by atoms with E-state index in [9.17, 15) is 0 Å². The van der Waals surface area contributed by atoms with Crippen LogP contribution in [0.2, 0.25) is 0 Å². The lowest BCUT2D eigenvalue weighted by atomic mass is 9.88. The molecule has 5 heteroatoms. The normalized spacial score (nSPS) is 17.8. The summed E-state index contributed by atoms with van der Waals surface area (Å²) < 4.78 is 0. The molecule has 0 saturated carbocycles. The molecule has 1 aliphatic rings. The zero-order valence-corrected chi connectivity index (χ0v) is 15.5. The largest absolute Gasteiger partial charge is 0.314 e. The number of rotatable bonds is 4. The van der Waals surface area contributed by atoms with Crippen molar-refractivity contribution in [2.45, 2.75) is 26.3 Å². The van der Waals surface area contributed by atoms with Crippen LogP contribution in [-0.4, -0.2) is 36.1 Å². The predicted octanol–water partition coefficient (Wildman–Crippen LogP) is 4.07. The molecule has 1 N–H and O–H groups in total. The zero-order valence-electron chi connectivity index (χ0n) is 13.9. The Morgan fingerprint density at radius 1 is 1.13 bits per heavy atom. The monoisotopic (exact) mass is 355 g/mol. The van der Waals surface area contributed by atoms with Gasteiger partial charge in [-0.15, -0.1) is 24.8 Å². The van der Waals surface area contributed by atoms with E-state index < -0.39 is 0 Å². The molecule has 3 rings (SSSR count). The van der Waals surface area contributed by atoms with Gasteiger partial charge in [0.25, 0.3) is 0 Å². The number of nitrogens with one attached hydrogen (secondary N) is 1. The van der Waals surface area contributed by atoms with Gasteiger partial charge < -0.3 is 5.32 Å². The van der Waals surface area contributed by atoms with Gasteiger partial charge in [0.1, 0.15) is 0 Å². The minimum absolute atomic E-state index is 0. The molecule has 128 valence electrons. The van der Waals surface area contributed by atoms with E-state index in [1.54, 1.807) is 0 Å². The van der Waals surface area contributed by atoms with Gasteiger partial charge in [0, 0.05) is 43.8 Å². The molecule has 1 unspecified atom stereocenters. The van der Waals surface area contributed by atoms with Crippen molar-refractivity contribution in [1.82, 2.24) is 15.2 Å². The number of nitrogens with zero attached hydrogens (tertiary/aromatic N) is 2. The van der Waals surface area contributed by atoms with Crippen molar-refractivity contribution in [3.05, 3.63) is 42.1 Å². The maximum absolute atomic E-state index is 4.52. The van der Waals surface area contributed by atoms with Gasteiger partial charge in [0.2, 0.25) is 0 Å². The molecule has 2 heterocycles. The molecule has 1 aromatic heterocycles. The SMILES string of the molecule is CCC(C)[C@H](c1ccnc2ccccc12)N1CCNCC1.Cl.Cl. The van der Waals surface area contributed by atoms with Crippen molar-refractivity contribution in [3.8, 4) is 0 Å². The molecule has 2 aromatic rings. The molecule has 1 aliphatic heterocycles. The molecule has 0 bridgehead atoms. The van der Waals surface area contributed by atoms with Crippen LogP contribution in [0.25, 0.3) is 10.9 Å². The molecule has 0 radical (unpaired) electrons. The fourth-order valence-electron chi connectivity index (χ4n) is 3.42. The van der Waals surface area contributed by atoms with Crippen LogP contribution in [0.15, 0.2) is 36.5 Å². The summed E-state index contributed by atoms with van der Waals surface area (Å²) in [5.74, 6) is 0.647. The summed E-state index contributed by atoms with van der Waals surface area (Å²) in [4.78, 5) is 7.17. The molecule has 3 nitrogen and oxygen atoms in total. The minimum Gasteiger partial charge on any atom is -0.314 e. The summed E-state index contributed by atoms with van der Waals surface area (Å²) in [6, 6.07) is 11.2. The Morgan fingerprint density at radius 2 is 1.83 bits per heavy atom. The van der Waals surface area contributed by atoms with Gasteiger partial charge in [-0.25, -0.2) is 0 Å². The summed E-state index contributed by atoms with van der Waals surface area (Å²) in [5.41, 5.74) is 2.55. The van der Waals surface area contributed by atoms with Crippen LogP contribution >= 0.6 is 24.8 Å². The van der Waals surface area contributed by atoms with Gasteiger partial charge in [-0.2, -0.15) is 0 Å². The van der Waals surface area contributed by atoms with Crippen molar-refractivity contribution >= 4 is 35.7 Å². The molecular formula is C18H27Cl2N3. The van der Waals surface area contributed by atoms with Crippen LogP contribution < -0.4 is 5.32 Å². The van der Waals surface area contributed by atoms with Crippen LogP contribution in [-0.2, 0) is 0 Å². The molecule has 1 saturated heterocycles. The smallest absolute Gasteiger partial charge is 0.0705 e. The van der Waals surface area contributed by atoms with Gasteiger partial charge >= 0.3 is 0 Å². The molecule has 1 aromatic carbocycles. The fraction of sp³-hybridized carbons (Fsp3) is 0.500. The standard InChI is InChI=1S/C18H25N3.2ClH/c1-3-14(2)18(21-12-10-19-11-13-21)16-8-9-20-17-7-5-4-6-15(16)17;;/h4-9,14,18-19H,3,10-13H2,1-2H3;2*1H/t14?,18-;;/m1../s1. The second kappa shape index (κ2) is 9.43. The Labute approximate surface area is 151 Å². The molecule has 23 heavy (non-hydrogen) atoms. The second-order valence-electron chi connectivity index (χ2n) is 6.03.